The number of piperazine rings is 1. The van der Waals surface area contributed by atoms with Crippen molar-refractivity contribution in [2.45, 2.75) is 58.7 Å². The zero-order valence-corrected chi connectivity index (χ0v) is 24.2. The molecule has 1 amide bonds. The summed E-state index contributed by atoms with van der Waals surface area (Å²) in [5, 5.41) is 7.13. The topological polar surface area (TPSA) is 61.2 Å². The molecular weight excluding hydrogens is 510 g/mol. The number of carbonyl (C=O) groups is 1. The number of ether oxygens (including phenoxy) is 1. The van der Waals surface area contributed by atoms with E-state index in [1.54, 1.807) is 18.2 Å². The van der Waals surface area contributed by atoms with Crippen molar-refractivity contribution in [1.82, 2.24) is 15.5 Å². The Hall–Kier alpha value is -2.79. The predicted molar refractivity (Wildman–Crippen MR) is 157 cm³/mol. The van der Waals surface area contributed by atoms with Gasteiger partial charge in [0, 0.05) is 60.3 Å². The number of amides is 1. The van der Waals surface area contributed by atoms with Gasteiger partial charge in [-0.3, -0.25) is 9.69 Å². The largest absolute Gasteiger partial charge is 0.489 e. The average molecular weight is 550 g/mol. The lowest BCUT2D eigenvalue weighted by Crippen LogP contribution is -2.74. The molecule has 5 rings (SSSR count). The molecule has 8 heteroatoms. The van der Waals surface area contributed by atoms with Crippen LogP contribution in [0.2, 0.25) is 5.02 Å². The molecule has 2 saturated heterocycles. The fourth-order valence-electron chi connectivity index (χ4n) is 7.14. The molecule has 2 aromatic rings. The number of nitrogens with zero attached hydrogens (tertiary/aromatic N) is 3. The smallest absolute Gasteiger partial charge is 0.251 e. The quantitative estimate of drug-likeness (QED) is 0.474. The molecule has 2 aromatic carbocycles. The molecule has 1 aliphatic carbocycles. The molecule has 39 heavy (non-hydrogen) atoms. The Balaban J connectivity index is 1.18. The molecule has 0 bridgehead atoms. The Bertz CT molecular complexity index is 1210. The Kier molecular flexibility index (Phi) is 7.83. The zero-order valence-electron chi connectivity index (χ0n) is 23.5. The van der Waals surface area contributed by atoms with Gasteiger partial charge in [0.25, 0.3) is 5.91 Å². The molecule has 2 aliphatic heterocycles. The first-order valence-electron chi connectivity index (χ1n) is 14.1. The van der Waals surface area contributed by atoms with Gasteiger partial charge in [0.1, 0.15) is 11.9 Å². The second-order valence-corrected chi connectivity index (χ2v) is 12.7. The first-order chi connectivity index (χ1) is 18.6. The number of hydrogen-bond acceptors (Lipinski definition) is 5. The van der Waals surface area contributed by atoms with E-state index in [1.165, 1.54) is 18.5 Å². The SMILES string of the molecule is [C-]#[N+]c1ccc(OC2C(C)(C)C(NC(=O)c3ccc(N4CCN(C5CCNCC5)CC4)cc3)C2(C)C)cc1Cl. The third kappa shape index (κ3) is 5.48. The minimum absolute atomic E-state index is 0.0636. The highest BCUT2D eigenvalue weighted by atomic mass is 35.5. The van der Waals surface area contributed by atoms with Crippen LogP contribution in [0.3, 0.4) is 0 Å². The van der Waals surface area contributed by atoms with Crippen LogP contribution < -0.4 is 20.3 Å². The summed E-state index contributed by atoms with van der Waals surface area (Å²) < 4.78 is 6.36. The Morgan fingerprint density at radius 3 is 2.26 bits per heavy atom. The van der Waals surface area contributed by atoms with Crippen LogP contribution in [0.15, 0.2) is 42.5 Å². The molecule has 7 nitrogen and oxygen atoms in total. The Morgan fingerprint density at radius 1 is 1.03 bits per heavy atom. The molecule has 208 valence electrons. The number of benzene rings is 2. The molecule has 1 saturated carbocycles. The minimum Gasteiger partial charge on any atom is -0.489 e. The second-order valence-electron chi connectivity index (χ2n) is 12.3. The van der Waals surface area contributed by atoms with Crippen molar-refractivity contribution in [1.29, 1.82) is 0 Å². The van der Waals surface area contributed by atoms with Gasteiger partial charge in [0.2, 0.25) is 5.69 Å². The molecular formula is C31H40ClN5O2. The standard InChI is InChI=1S/C31H40ClN5O2/c1-30(2)28(31(3,4)29(30)39-24-10-11-26(33-5)25(32)20-24)35-27(38)21-6-8-22(9-7-21)36-16-18-37(19-17-36)23-12-14-34-15-13-23/h6-11,20,23,28-29,34H,12-19H2,1-4H3,(H,35,38). The highest BCUT2D eigenvalue weighted by Gasteiger charge is 2.64. The fourth-order valence-corrected chi connectivity index (χ4v) is 7.36. The molecule has 0 aromatic heterocycles. The van der Waals surface area contributed by atoms with Crippen LogP contribution in [0.25, 0.3) is 4.85 Å². The van der Waals surface area contributed by atoms with Crippen molar-refractivity contribution in [3.63, 3.8) is 0 Å². The van der Waals surface area contributed by atoms with E-state index < -0.39 is 0 Å². The summed E-state index contributed by atoms with van der Waals surface area (Å²) in [5.74, 6) is 0.571. The van der Waals surface area contributed by atoms with Crippen LogP contribution in [-0.2, 0) is 0 Å². The summed E-state index contributed by atoms with van der Waals surface area (Å²) >= 11 is 6.22. The highest BCUT2D eigenvalue weighted by Crippen LogP contribution is 2.55. The van der Waals surface area contributed by atoms with Crippen LogP contribution >= 0.6 is 11.6 Å². The monoisotopic (exact) mass is 549 g/mol. The van der Waals surface area contributed by atoms with Crippen molar-refractivity contribution in [3.8, 4) is 5.75 Å². The number of rotatable bonds is 6. The minimum atomic E-state index is -0.294. The van der Waals surface area contributed by atoms with Crippen molar-refractivity contribution < 1.29 is 9.53 Å². The number of anilines is 1. The van der Waals surface area contributed by atoms with E-state index in [9.17, 15) is 4.79 Å². The molecule has 0 radical (unpaired) electrons. The third-order valence-corrected chi connectivity index (χ3v) is 9.35. The lowest BCUT2D eigenvalue weighted by atomic mass is 9.49. The number of halogens is 1. The van der Waals surface area contributed by atoms with Gasteiger partial charge in [0.15, 0.2) is 0 Å². The van der Waals surface area contributed by atoms with Crippen LogP contribution in [0.5, 0.6) is 5.75 Å². The maximum absolute atomic E-state index is 13.3. The first-order valence-corrected chi connectivity index (χ1v) is 14.4. The van der Waals surface area contributed by atoms with E-state index >= 15 is 0 Å². The summed E-state index contributed by atoms with van der Waals surface area (Å²) in [7, 11) is 0. The number of hydrogen-bond donors (Lipinski definition) is 2. The summed E-state index contributed by atoms with van der Waals surface area (Å²) in [6, 6.07) is 13.9. The van der Waals surface area contributed by atoms with Gasteiger partial charge in [0.05, 0.1) is 11.6 Å². The third-order valence-electron chi connectivity index (χ3n) is 9.04. The zero-order chi connectivity index (χ0) is 27.8. The Morgan fingerprint density at radius 2 is 1.67 bits per heavy atom. The molecule has 3 aliphatic rings. The highest BCUT2D eigenvalue weighted by molar-refractivity contribution is 6.33. The summed E-state index contributed by atoms with van der Waals surface area (Å²) in [5.41, 5.74) is 1.67. The normalized spacial score (nSPS) is 24.9. The van der Waals surface area contributed by atoms with E-state index in [-0.39, 0.29) is 28.9 Å². The van der Waals surface area contributed by atoms with Crippen LogP contribution in [0, 0.1) is 17.4 Å². The van der Waals surface area contributed by atoms with Gasteiger partial charge in [-0.1, -0.05) is 45.4 Å². The van der Waals surface area contributed by atoms with Crippen LogP contribution in [0.4, 0.5) is 11.4 Å². The van der Waals surface area contributed by atoms with Gasteiger partial charge in [-0.15, -0.1) is 0 Å². The maximum Gasteiger partial charge on any atom is 0.251 e. The van der Waals surface area contributed by atoms with Gasteiger partial charge >= 0.3 is 0 Å². The van der Waals surface area contributed by atoms with E-state index in [0.717, 1.165) is 39.3 Å². The van der Waals surface area contributed by atoms with Gasteiger partial charge < -0.3 is 20.3 Å². The van der Waals surface area contributed by atoms with Crippen molar-refractivity contribution >= 4 is 28.9 Å². The molecule has 0 unspecified atom stereocenters. The molecule has 2 heterocycles. The van der Waals surface area contributed by atoms with E-state index in [1.807, 2.05) is 12.1 Å². The van der Waals surface area contributed by atoms with Crippen LogP contribution in [-0.4, -0.2) is 68.3 Å². The summed E-state index contributed by atoms with van der Waals surface area (Å²) in [6.45, 7) is 22.2. The van der Waals surface area contributed by atoms with E-state index in [0.29, 0.717) is 28.1 Å². The molecule has 0 atom stereocenters. The van der Waals surface area contributed by atoms with Gasteiger partial charge in [-0.25, -0.2) is 4.85 Å². The lowest BCUT2D eigenvalue weighted by molar-refractivity contribution is -0.164. The van der Waals surface area contributed by atoms with Crippen LogP contribution in [0.1, 0.15) is 50.9 Å². The average Bonchev–Trinajstić information content (AvgIpc) is 2.95. The van der Waals surface area contributed by atoms with Crippen molar-refractivity contribution in [3.05, 3.63) is 64.5 Å². The van der Waals surface area contributed by atoms with Crippen molar-refractivity contribution in [2.75, 3.05) is 44.2 Å². The fraction of sp³-hybridized carbons (Fsp3) is 0.548. The van der Waals surface area contributed by atoms with Gasteiger partial charge in [-0.05, 0) is 62.3 Å². The summed E-state index contributed by atoms with van der Waals surface area (Å²) in [4.78, 5) is 21.8. The van der Waals surface area contributed by atoms with Crippen molar-refractivity contribution in [2.24, 2.45) is 10.8 Å². The Labute approximate surface area is 237 Å². The van der Waals surface area contributed by atoms with E-state index in [4.69, 9.17) is 22.9 Å². The van der Waals surface area contributed by atoms with Gasteiger partial charge in [-0.2, -0.15) is 0 Å². The molecule has 2 N–H and O–H groups in total. The maximum atomic E-state index is 13.3. The summed E-state index contributed by atoms with van der Waals surface area (Å²) in [6.07, 6.45) is 2.36. The molecule has 0 spiro atoms. The number of carbonyl (C=O) groups excluding carboxylic acids is 1. The number of piperidine rings is 1. The lowest BCUT2D eigenvalue weighted by Gasteiger charge is -2.63. The first kappa shape index (κ1) is 27.8. The molecule has 3 fully saturated rings. The predicted octanol–water partition coefficient (Wildman–Crippen LogP) is 5.38. The number of nitrogens with one attached hydrogen (secondary N) is 2. The van der Waals surface area contributed by atoms with E-state index in [2.05, 4.69) is 65.1 Å². The second kappa shape index (κ2) is 11.0.